The summed E-state index contributed by atoms with van der Waals surface area (Å²) in [6.07, 6.45) is 8.80. The van der Waals surface area contributed by atoms with Gasteiger partial charge in [-0.15, -0.1) is 0 Å². The number of nitrogens with zero attached hydrogens (tertiary/aromatic N) is 3. The molecule has 0 amide bonds. The second-order valence-electron chi connectivity index (χ2n) is 7.85. The first-order valence-corrected chi connectivity index (χ1v) is 10.8. The fourth-order valence-corrected chi connectivity index (χ4v) is 3.87. The zero-order valence-corrected chi connectivity index (χ0v) is 18.4. The molecule has 0 bridgehead atoms. The van der Waals surface area contributed by atoms with Crippen molar-refractivity contribution in [2.24, 2.45) is 0 Å². The summed E-state index contributed by atoms with van der Waals surface area (Å²) in [5.74, 6) is 0. The Morgan fingerprint density at radius 1 is 0.848 bits per heavy atom. The van der Waals surface area contributed by atoms with E-state index in [4.69, 9.17) is 6.57 Å². The summed E-state index contributed by atoms with van der Waals surface area (Å²) in [6, 6.07) is 31.1. The van der Waals surface area contributed by atoms with E-state index in [2.05, 4.69) is 70.4 Å². The van der Waals surface area contributed by atoms with Crippen LogP contribution in [0.1, 0.15) is 18.9 Å². The van der Waals surface area contributed by atoms with E-state index in [1.54, 1.807) is 0 Å². The van der Waals surface area contributed by atoms with E-state index in [1.807, 2.05) is 61.5 Å². The second-order valence-corrected chi connectivity index (χ2v) is 7.85. The van der Waals surface area contributed by atoms with Crippen molar-refractivity contribution in [3.8, 4) is 6.07 Å². The van der Waals surface area contributed by atoms with Gasteiger partial charge in [0.1, 0.15) is 0 Å². The third-order valence-corrected chi connectivity index (χ3v) is 5.39. The van der Waals surface area contributed by atoms with Crippen LogP contribution in [0.3, 0.4) is 0 Å². The number of benzene rings is 3. The predicted molar refractivity (Wildman–Crippen MR) is 136 cm³/mol. The van der Waals surface area contributed by atoms with E-state index in [1.165, 1.54) is 0 Å². The van der Waals surface area contributed by atoms with Crippen molar-refractivity contribution >= 4 is 23.1 Å². The maximum Gasteiger partial charge on any atom is 0.268 e. The number of para-hydroxylation sites is 2. The molecule has 3 heteroatoms. The van der Waals surface area contributed by atoms with Crippen LogP contribution in [0.15, 0.2) is 126 Å². The highest BCUT2D eigenvalue weighted by Gasteiger charge is 2.12. The van der Waals surface area contributed by atoms with Gasteiger partial charge >= 0.3 is 0 Å². The van der Waals surface area contributed by atoms with Crippen LogP contribution in [0.4, 0.5) is 17.1 Å². The lowest BCUT2D eigenvalue weighted by molar-refractivity contribution is 1.12. The molecule has 0 saturated heterocycles. The summed E-state index contributed by atoms with van der Waals surface area (Å²) in [7, 11) is 0. The standard InChI is InChI=1S/C30H23N3/c1-23-19-25(21-26(20-23)30(22-31)32-2)14-13-24-15-17-29(18-16-24)33(27-9-5-3-6-10-27)28-11-7-4-8-12-28/h3-18,20-21H,19H2,1H3/b14-13+,30-26+. The van der Waals surface area contributed by atoms with Gasteiger partial charge in [0.25, 0.3) is 5.70 Å². The highest BCUT2D eigenvalue weighted by Crippen LogP contribution is 2.34. The molecule has 0 fully saturated rings. The molecule has 0 spiro atoms. The average molecular weight is 426 g/mol. The van der Waals surface area contributed by atoms with Gasteiger partial charge in [-0.25, -0.2) is 10.1 Å². The molecule has 0 atom stereocenters. The van der Waals surface area contributed by atoms with Gasteiger partial charge in [0, 0.05) is 17.1 Å². The number of anilines is 3. The first-order valence-electron chi connectivity index (χ1n) is 10.8. The maximum atomic E-state index is 9.19. The summed E-state index contributed by atoms with van der Waals surface area (Å²) in [5, 5.41) is 9.19. The molecule has 0 saturated carbocycles. The van der Waals surface area contributed by atoms with Crippen LogP contribution in [0.2, 0.25) is 0 Å². The van der Waals surface area contributed by atoms with Crippen molar-refractivity contribution in [1.29, 1.82) is 5.26 Å². The Labute approximate surface area is 195 Å². The molecule has 1 aliphatic carbocycles. The number of hydrogen-bond donors (Lipinski definition) is 0. The van der Waals surface area contributed by atoms with E-state index in [9.17, 15) is 5.26 Å². The molecule has 0 heterocycles. The third kappa shape index (κ3) is 5.18. The molecule has 0 unspecified atom stereocenters. The predicted octanol–water partition coefficient (Wildman–Crippen LogP) is 8.14. The molecular formula is C30H23N3. The van der Waals surface area contributed by atoms with Crippen molar-refractivity contribution in [2.45, 2.75) is 13.3 Å². The third-order valence-electron chi connectivity index (χ3n) is 5.39. The van der Waals surface area contributed by atoms with Crippen molar-refractivity contribution < 1.29 is 0 Å². The highest BCUT2D eigenvalue weighted by atomic mass is 15.1. The number of hydrogen-bond acceptors (Lipinski definition) is 2. The van der Waals surface area contributed by atoms with Gasteiger partial charge < -0.3 is 4.90 Å². The average Bonchev–Trinajstić information content (AvgIpc) is 2.86. The van der Waals surface area contributed by atoms with Gasteiger partial charge in [-0.1, -0.05) is 78.4 Å². The Balaban J connectivity index is 1.61. The van der Waals surface area contributed by atoms with E-state index < -0.39 is 0 Å². The van der Waals surface area contributed by atoms with Crippen LogP contribution in [-0.2, 0) is 0 Å². The first kappa shape index (κ1) is 21.6. The summed E-state index contributed by atoms with van der Waals surface area (Å²) >= 11 is 0. The first-order chi connectivity index (χ1) is 16.2. The van der Waals surface area contributed by atoms with E-state index in [0.717, 1.165) is 40.2 Å². The second kappa shape index (κ2) is 10.1. The Hall–Kier alpha value is -4.60. The van der Waals surface area contributed by atoms with Crippen LogP contribution in [0.25, 0.3) is 10.9 Å². The molecule has 0 aliphatic heterocycles. The van der Waals surface area contributed by atoms with Crippen LogP contribution < -0.4 is 4.90 Å². The summed E-state index contributed by atoms with van der Waals surface area (Å²) in [5.41, 5.74) is 7.42. The lowest BCUT2D eigenvalue weighted by atomic mass is 9.94. The molecule has 3 aromatic rings. The molecule has 158 valence electrons. The molecule has 3 aromatic carbocycles. The Kier molecular flexibility index (Phi) is 6.64. The number of rotatable bonds is 5. The van der Waals surface area contributed by atoms with Gasteiger partial charge in [0.15, 0.2) is 0 Å². The van der Waals surface area contributed by atoms with Crippen molar-refractivity contribution in [2.75, 3.05) is 4.90 Å². The molecule has 4 rings (SSSR count). The highest BCUT2D eigenvalue weighted by molar-refractivity contribution is 5.77. The van der Waals surface area contributed by atoms with Gasteiger partial charge in [-0.2, -0.15) is 0 Å². The Morgan fingerprint density at radius 2 is 1.42 bits per heavy atom. The summed E-state index contributed by atoms with van der Waals surface area (Å²) in [4.78, 5) is 5.58. The van der Waals surface area contributed by atoms with Gasteiger partial charge in [0.05, 0.1) is 12.6 Å². The fourth-order valence-electron chi connectivity index (χ4n) is 3.87. The van der Waals surface area contributed by atoms with E-state index >= 15 is 0 Å². The van der Waals surface area contributed by atoms with Gasteiger partial charge in [0.2, 0.25) is 0 Å². The minimum Gasteiger partial charge on any atom is -0.311 e. The largest absolute Gasteiger partial charge is 0.311 e. The van der Waals surface area contributed by atoms with Crippen LogP contribution in [0.5, 0.6) is 0 Å². The monoisotopic (exact) mass is 425 g/mol. The molecule has 3 nitrogen and oxygen atoms in total. The number of nitriles is 1. The summed E-state index contributed by atoms with van der Waals surface area (Å²) in [6.45, 7) is 9.23. The van der Waals surface area contributed by atoms with Gasteiger partial charge in [-0.05, 0) is 66.5 Å². The molecule has 0 N–H and O–H groups in total. The Morgan fingerprint density at radius 3 is 1.97 bits per heavy atom. The summed E-state index contributed by atoms with van der Waals surface area (Å²) < 4.78 is 0. The SMILES string of the molecule is [C-]#[N+]/C(C#N)=C1\C=C(C)CC(/C=C/c2ccc(N(c3ccccc3)c3ccccc3)cc2)=C1. The topological polar surface area (TPSA) is 31.4 Å². The van der Waals surface area contributed by atoms with Crippen LogP contribution in [-0.4, -0.2) is 0 Å². The van der Waals surface area contributed by atoms with Crippen molar-refractivity contribution in [3.63, 3.8) is 0 Å². The fraction of sp³-hybridized carbons (Fsp3) is 0.0667. The lowest BCUT2D eigenvalue weighted by Crippen LogP contribution is -2.09. The van der Waals surface area contributed by atoms with E-state index in [-0.39, 0.29) is 5.70 Å². The smallest absolute Gasteiger partial charge is 0.268 e. The van der Waals surface area contributed by atoms with E-state index in [0.29, 0.717) is 5.57 Å². The maximum absolute atomic E-state index is 9.19. The minimum atomic E-state index is 0.131. The molecule has 33 heavy (non-hydrogen) atoms. The molecule has 0 radical (unpaired) electrons. The minimum absolute atomic E-state index is 0.131. The quantitative estimate of drug-likeness (QED) is 0.305. The van der Waals surface area contributed by atoms with Gasteiger partial charge in [-0.3, -0.25) is 0 Å². The van der Waals surface area contributed by atoms with Crippen molar-refractivity contribution in [3.05, 3.63) is 143 Å². The number of allylic oxidation sites excluding steroid dienone is 7. The molecular weight excluding hydrogens is 402 g/mol. The normalized spacial score (nSPS) is 14.6. The van der Waals surface area contributed by atoms with Crippen molar-refractivity contribution in [1.82, 2.24) is 0 Å². The molecule has 1 aliphatic rings. The van der Waals surface area contributed by atoms with Crippen LogP contribution >= 0.6 is 0 Å². The zero-order chi connectivity index (χ0) is 23.0. The molecule has 0 aromatic heterocycles. The zero-order valence-electron chi connectivity index (χ0n) is 18.4. The lowest BCUT2D eigenvalue weighted by Gasteiger charge is -2.25. The Bertz CT molecular complexity index is 1270. The van der Waals surface area contributed by atoms with Crippen LogP contribution in [0, 0.1) is 17.9 Å².